The summed E-state index contributed by atoms with van der Waals surface area (Å²) >= 11 is 0. The van der Waals surface area contributed by atoms with E-state index >= 15 is 0 Å². The topological polar surface area (TPSA) is 171 Å². The molecule has 0 saturated heterocycles. The number of carbonyl (C=O) groups is 3. The number of alkyl carbamates (subject to hydrolysis) is 1. The molecule has 1 unspecified atom stereocenters. The van der Waals surface area contributed by atoms with E-state index in [1.54, 1.807) is 6.92 Å². The Balaban J connectivity index is 2.57. The van der Waals surface area contributed by atoms with Crippen LogP contribution in [0.15, 0.2) is 12.1 Å². The van der Waals surface area contributed by atoms with Crippen molar-refractivity contribution in [3.63, 3.8) is 0 Å². The van der Waals surface area contributed by atoms with Crippen LogP contribution in [0.25, 0.3) is 0 Å². The van der Waals surface area contributed by atoms with E-state index in [-0.39, 0.29) is 61.7 Å². The number of nitrogens with one attached hydrogen (secondary N) is 1. The van der Waals surface area contributed by atoms with Gasteiger partial charge in [0, 0.05) is 26.0 Å². The predicted octanol–water partition coefficient (Wildman–Crippen LogP) is 2.99. The number of amides is 1. The van der Waals surface area contributed by atoms with E-state index < -0.39 is 29.2 Å². The third-order valence-corrected chi connectivity index (χ3v) is 4.89. The molecule has 14 nitrogen and oxygen atoms in total. The molecular formula is C23H34N2O12. The molecule has 14 heteroatoms. The van der Waals surface area contributed by atoms with Gasteiger partial charge in [-0.1, -0.05) is 6.92 Å². The smallest absolute Gasteiger partial charge is 0.493 e. The molecule has 1 amide bonds. The first-order valence-electron chi connectivity index (χ1n) is 11.3. The van der Waals surface area contributed by atoms with Crippen molar-refractivity contribution < 1.29 is 52.5 Å². The van der Waals surface area contributed by atoms with Gasteiger partial charge in [-0.15, -0.1) is 0 Å². The van der Waals surface area contributed by atoms with Crippen LogP contribution in [-0.4, -0.2) is 77.4 Å². The van der Waals surface area contributed by atoms with Crippen LogP contribution < -0.4 is 14.8 Å². The second kappa shape index (κ2) is 16.0. The minimum Gasteiger partial charge on any atom is -0.493 e. The number of methoxy groups -OCH3 is 3. The van der Waals surface area contributed by atoms with Gasteiger partial charge in [-0.3, -0.25) is 14.9 Å². The van der Waals surface area contributed by atoms with Gasteiger partial charge in [0.25, 0.3) is 5.69 Å². The fourth-order valence-electron chi connectivity index (χ4n) is 3.02. The van der Waals surface area contributed by atoms with Crippen molar-refractivity contribution in [2.45, 2.75) is 33.3 Å². The molecule has 1 rings (SSSR count). The molecule has 1 aromatic rings. The van der Waals surface area contributed by atoms with E-state index in [4.69, 9.17) is 33.2 Å². The third kappa shape index (κ3) is 11.6. The van der Waals surface area contributed by atoms with E-state index in [0.29, 0.717) is 12.8 Å². The molecule has 1 atom stereocenters. The zero-order valence-corrected chi connectivity index (χ0v) is 21.7. The van der Waals surface area contributed by atoms with E-state index in [1.165, 1.54) is 40.4 Å². The number of esters is 1. The van der Waals surface area contributed by atoms with E-state index in [2.05, 4.69) is 5.32 Å². The average molecular weight is 531 g/mol. The van der Waals surface area contributed by atoms with Gasteiger partial charge in [-0.05, 0) is 18.9 Å². The number of nitro benzene ring substituents is 1. The molecule has 0 aliphatic heterocycles. The third-order valence-electron chi connectivity index (χ3n) is 4.89. The quantitative estimate of drug-likeness (QED) is 0.109. The SMILES string of the molecule is COCC(C)(CNC(=O)OCc1cc(OC)c(OC)cc1[N+](=O)[O-])COC(=O)OCCCCOC(C)=O. The Hall–Kier alpha value is -3.81. The Morgan fingerprint density at radius 1 is 0.946 bits per heavy atom. The zero-order chi connectivity index (χ0) is 27.8. The fourth-order valence-corrected chi connectivity index (χ4v) is 3.02. The Morgan fingerprint density at radius 2 is 1.57 bits per heavy atom. The molecule has 0 spiro atoms. The molecule has 0 aliphatic rings. The van der Waals surface area contributed by atoms with Crippen LogP contribution in [-0.2, 0) is 35.1 Å². The number of unbranched alkanes of at least 4 members (excludes halogenated alkanes) is 1. The number of nitro groups is 1. The first kappa shape index (κ1) is 31.2. The van der Waals surface area contributed by atoms with Crippen LogP contribution >= 0.6 is 0 Å². The first-order chi connectivity index (χ1) is 17.5. The van der Waals surface area contributed by atoms with E-state index in [1.807, 2.05) is 0 Å². The van der Waals surface area contributed by atoms with Gasteiger partial charge in [0.05, 0.1) is 50.6 Å². The maximum atomic E-state index is 12.3. The molecule has 208 valence electrons. The first-order valence-corrected chi connectivity index (χ1v) is 11.3. The minimum absolute atomic E-state index is 0.00334. The van der Waals surface area contributed by atoms with E-state index in [0.717, 1.165) is 0 Å². The number of hydrogen-bond donors (Lipinski definition) is 1. The summed E-state index contributed by atoms with van der Waals surface area (Å²) in [5, 5.41) is 13.9. The van der Waals surface area contributed by atoms with Gasteiger partial charge in [0.1, 0.15) is 13.2 Å². The standard InChI is InChI=1S/C23H34N2O12/c1-16(26)34-8-6-7-9-35-22(28)37-15-23(2,14-31-3)13-24-21(27)36-12-17-10-19(32-4)20(33-5)11-18(17)25(29)30/h10-11H,6-9,12-15H2,1-5H3,(H,24,27). The fraction of sp³-hybridized carbons (Fsp3) is 0.609. The van der Waals surface area contributed by atoms with Gasteiger partial charge in [-0.25, -0.2) is 9.59 Å². The molecule has 0 saturated carbocycles. The lowest BCUT2D eigenvalue weighted by atomic mass is 9.93. The monoisotopic (exact) mass is 530 g/mol. The molecule has 37 heavy (non-hydrogen) atoms. The highest BCUT2D eigenvalue weighted by atomic mass is 16.7. The van der Waals surface area contributed by atoms with Crippen LogP contribution in [0.4, 0.5) is 15.3 Å². The van der Waals surface area contributed by atoms with Crippen molar-refractivity contribution in [1.29, 1.82) is 0 Å². The van der Waals surface area contributed by atoms with Crippen molar-refractivity contribution >= 4 is 23.9 Å². The van der Waals surface area contributed by atoms with Crippen molar-refractivity contribution in [3.05, 3.63) is 27.8 Å². The summed E-state index contributed by atoms with van der Waals surface area (Å²) in [6.45, 7) is 2.95. The van der Waals surface area contributed by atoms with E-state index in [9.17, 15) is 24.5 Å². The van der Waals surface area contributed by atoms with Crippen LogP contribution in [0.3, 0.4) is 0 Å². The summed E-state index contributed by atoms with van der Waals surface area (Å²) < 4.78 is 35.4. The van der Waals surface area contributed by atoms with Crippen molar-refractivity contribution in [1.82, 2.24) is 5.32 Å². The van der Waals surface area contributed by atoms with Gasteiger partial charge >= 0.3 is 18.2 Å². The lowest BCUT2D eigenvalue weighted by Crippen LogP contribution is -2.42. The molecule has 0 fully saturated rings. The number of benzene rings is 1. The van der Waals surface area contributed by atoms with Crippen molar-refractivity contribution in [2.24, 2.45) is 5.41 Å². The van der Waals surface area contributed by atoms with Crippen LogP contribution in [0.5, 0.6) is 11.5 Å². The molecule has 1 N–H and O–H groups in total. The average Bonchev–Trinajstić information content (AvgIpc) is 2.86. The van der Waals surface area contributed by atoms with Crippen LogP contribution in [0.1, 0.15) is 32.3 Å². The molecule has 0 heterocycles. The Kier molecular flexibility index (Phi) is 13.5. The van der Waals surface area contributed by atoms with Crippen LogP contribution in [0, 0.1) is 15.5 Å². The summed E-state index contributed by atoms with van der Waals surface area (Å²) in [7, 11) is 4.18. The Bertz CT molecular complexity index is 923. The van der Waals surface area contributed by atoms with Gasteiger partial charge in [-0.2, -0.15) is 0 Å². The Labute approximate surface area is 214 Å². The Morgan fingerprint density at radius 3 is 2.14 bits per heavy atom. The largest absolute Gasteiger partial charge is 0.508 e. The molecular weight excluding hydrogens is 496 g/mol. The van der Waals surface area contributed by atoms with Gasteiger partial charge in [0.2, 0.25) is 0 Å². The summed E-state index contributed by atoms with van der Waals surface area (Å²) in [5.41, 5.74) is -1.01. The number of carbonyl (C=O) groups excluding carboxylic acids is 3. The molecule has 0 aliphatic carbocycles. The number of ether oxygens (including phenoxy) is 7. The summed E-state index contributed by atoms with van der Waals surface area (Å²) in [6, 6.07) is 2.54. The maximum absolute atomic E-state index is 12.3. The second-order valence-corrected chi connectivity index (χ2v) is 8.20. The lowest BCUT2D eigenvalue weighted by Gasteiger charge is -2.28. The predicted molar refractivity (Wildman–Crippen MR) is 128 cm³/mol. The van der Waals surface area contributed by atoms with Crippen molar-refractivity contribution in [2.75, 3.05) is 54.3 Å². The number of hydrogen-bond acceptors (Lipinski definition) is 12. The van der Waals surface area contributed by atoms with Gasteiger partial charge < -0.3 is 38.5 Å². The van der Waals surface area contributed by atoms with Gasteiger partial charge in [0.15, 0.2) is 11.5 Å². The summed E-state index contributed by atoms with van der Waals surface area (Å²) in [4.78, 5) is 45.6. The highest BCUT2D eigenvalue weighted by Crippen LogP contribution is 2.34. The molecule has 0 aromatic heterocycles. The minimum atomic E-state index is -0.891. The second-order valence-electron chi connectivity index (χ2n) is 8.20. The number of rotatable bonds is 16. The molecule has 0 bridgehead atoms. The summed E-state index contributed by atoms with van der Waals surface area (Å²) in [6.07, 6.45) is -0.712. The zero-order valence-electron chi connectivity index (χ0n) is 21.7. The van der Waals surface area contributed by atoms with Crippen molar-refractivity contribution in [3.8, 4) is 11.5 Å². The molecule has 0 radical (unpaired) electrons. The maximum Gasteiger partial charge on any atom is 0.508 e. The highest BCUT2D eigenvalue weighted by Gasteiger charge is 2.28. The highest BCUT2D eigenvalue weighted by molar-refractivity contribution is 5.67. The number of nitrogens with zero attached hydrogens (tertiary/aromatic N) is 1. The van der Waals surface area contributed by atoms with Crippen LogP contribution in [0.2, 0.25) is 0 Å². The normalized spacial score (nSPS) is 12.0. The summed E-state index contributed by atoms with van der Waals surface area (Å²) in [5.74, 6) is 0.0315. The lowest BCUT2D eigenvalue weighted by molar-refractivity contribution is -0.385. The molecule has 1 aromatic carbocycles.